The van der Waals surface area contributed by atoms with Gasteiger partial charge in [-0.3, -0.25) is 9.89 Å². The Bertz CT molecular complexity index is 636. The first-order valence-corrected chi connectivity index (χ1v) is 7.29. The lowest BCUT2D eigenvalue weighted by Gasteiger charge is -2.25. The number of nitrogens with one attached hydrogen (secondary N) is 2. The van der Waals surface area contributed by atoms with Crippen LogP contribution in [-0.4, -0.2) is 29.3 Å². The highest BCUT2D eigenvalue weighted by Gasteiger charge is 2.20. The predicted molar refractivity (Wildman–Crippen MR) is 79.4 cm³/mol. The highest BCUT2D eigenvalue weighted by molar-refractivity contribution is 5.92. The lowest BCUT2D eigenvalue weighted by Crippen LogP contribution is -2.34. The van der Waals surface area contributed by atoms with E-state index in [-0.39, 0.29) is 5.91 Å². The fraction of sp³-hybridized carbons (Fsp3) is 0.375. The summed E-state index contributed by atoms with van der Waals surface area (Å²) in [5, 5.41) is 9.81. The number of hydrogen-bond acceptors (Lipinski definition) is 3. The molecule has 1 amide bonds. The summed E-state index contributed by atoms with van der Waals surface area (Å²) >= 11 is 0. The number of carbonyl (C=O) groups excluding carboxylic acids is 1. The number of aromatic amines is 1. The van der Waals surface area contributed by atoms with Gasteiger partial charge in [-0.1, -0.05) is 25.1 Å². The van der Waals surface area contributed by atoms with Crippen molar-refractivity contribution in [2.24, 2.45) is 5.92 Å². The molecule has 0 aliphatic carbocycles. The van der Waals surface area contributed by atoms with Gasteiger partial charge in [-0.25, -0.2) is 0 Å². The standard InChI is InChI=1S/C16H19N3O2/c1-2-13-8-14(19-18-13)16(20)17-9-11-7-12-5-3-4-6-15(12)21-10-11/h3-6,8,11H,2,7,9-10H2,1H3,(H,17,20)(H,18,19)/t11-/m1/s1. The molecule has 5 nitrogen and oxygen atoms in total. The Morgan fingerprint density at radius 3 is 3.14 bits per heavy atom. The molecule has 0 bridgehead atoms. The minimum atomic E-state index is -0.134. The van der Waals surface area contributed by atoms with Crippen LogP contribution in [0.25, 0.3) is 0 Å². The number of hydrogen-bond donors (Lipinski definition) is 2. The third-order valence-corrected chi connectivity index (χ3v) is 3.75. The molecule has 110 valence electrons. The number of carbonyl (C=O) groups is 1. The van der Waals surface area contributed by atoms with Gasteiger partial charge in [-0.05, 0) is 30.5 Å². The number of aromatic nitrogens is 2. The van der Waals surface area contributed by atoms with E-state index in [1.807, 2.05) is 25.1 Å². The van der Waals surface area contributed by atoms with E-state index in [0.717, 1.165) is 24.3 Å². The lowest BCUT2D eigenvalue weighted by molar-refractivity contribution is 0.0934. The monoisotopic (exact) mass is 285 g/mol. The largest absolute Gasteiger partial charge is 0.493 e. The smallest absolute Gasteiger partial charge is 0.271 e. The molecule has 1 aromatic heterocycles. The normalized spacial score (nSPS) is 16.9. The minimum Gasteiger partial charge on any atom is -0.493 e. The molecule has 1 aliphatic heterocycles. The van der Waals surface area contributed by atoms with Crippen LogP contribution in [0, 0.1) is 5.92 Å². The molecule has 1 aliphatic rings. The molecule has 0 saturated heterocycles. The maximum absolute atomic E-state index is 12.0. The molecule has 1 atom stereocenters. The molecule has 0 saturated carbocycles. The van der Waals surface area contributed by atoms with Crippen LogP contribution in [0.1, 0.15) is 28.7 Å². The Morgan fingerprint density at radius 1 is 1.48 bits per heavy atom. The van der Waals surface area contributed by atoms with Gasteiger partial charge in [0.05, 0.1) is 6.61 Å². The average molecular weight is 285 g/mol. The zero-order valence-corrected chi connectivity index (χ0v) is 12.1. The number of ether oxygens (including phenoxy) is 1. The number of H-pyrrole nitrogens is 1. The fourth-order valence-corrected chi connectivity index (χ4v) is 2.51. The maximum atomic E-state index is 12.0. The van der Waals surface area contributed by atoms with Crippen molar-refractivity contribution in [1.82, 2.24) is 15.5 Å². The lowest BCUT2D eigenvalue weighted by atomic mass is 9.97. The second-order valence-electron chi connectivity index (χ2n) is 5.33. The molecule has 0 unspecified atom stereocenters. The summed E-state index contributed by atoms with van der Waals surface area (Å²) in [6.45, 7) is 3.26. The van der Waals surface area contributed by atoms with Gasteiger partial charge in [0.25, 0.3) is 5.91 Å². The third kappa shape index (κ3) is 3.07. The van der Waals surface area contributed by atoms with E-state index in [9.17, 15) is 4.79 Å². The Kier molecular flexibility index (Phi) is 3.90. The Labute approximate surface area is 123 Å². The summed E-state index contributed by atoms with van der Waals surface area (Å²) in [6, 6.07) is 9.84. The van der Waals surface area contributed by atoms with E-state index in [1.165, 1.54) is 5.56 Å². The van der Waals surface area contributed by atoms with Crippen molar-refractivity contribution in [2.75, 3.05) is 13.2 Å². The zero-order chi connectivity index (χ0) is 14.7. The number of amides is 1. The first kappa shape index (κ1) is 13.7. The maximum Gasteiger partial charge on any atom is 0.271 e. The van der Waals surface area contributed by atoms with E-state index in [4.69, 9.17) is 4.74 Å². The van der Waals surface area contributed by atoms with Crippen LogP contribution in [-0.2, 0) is 12.8 Å². The first-order chi connectivity index (χ1) is 10.3. The van der Waals surface area contributed by atoms with Gasteiger partial charge in [-0.2, -0.15) is 5.10 Å². The molecular weight excluding hydrogens is 266 g/mol. The molecule has 0 radical (unpaired) electrons. The van der Waals surface area contributed by atoms with E-state index in [1.54, 1.807) is 6.07 Å². The van der Waals surface area contributed by atoms with Gasteiger partial charge in [0.2, 0.25) is 0 Å². The van der Waals surface area contributed by atoms with Gasteiger partial charge in [0.15, 0.2) is 0 Å². The van der Waals surface area contributed by atoms with Crippen LogP contribution in [0.5, 0.6) is 5.75 Å². The number of benzene rings is 1. The van der Waals surface area contributed by atoms with Crippen molar-refractivity contribution >= 4 is 5.91 Å². The van der Waals surface area contributed by atoms with Crippen LogP contribution in [0.15, 0.2) is 30.3 Å². The molecule has 5 heteroatoms. The van der Waals surface area contributed by atoms with Gasteiger partial charge in [0.1, 0.15) is 11.4 Å². The van der Waals surface area contributed by atoms with Crippen molar-refractivity contribution in [3.8, 4) is 5.75 Å². The second kappa shape index (κ2) is 5.99. The molecule has 2 aromatic rings. The van der Waals surface area contributed by atoms with Crippen molar-refractivity contribution in [3.05, 3.63) is 47.3 Å². The summed E-state index contributed by atoms with van der Waals surface area (Å²) in [5.41, 5.74) is 2.62. The molecule has 0 fully saturated rings. The molecule has 2 N–H and O–H groups in total. The van der Waals surface area contributed by atoms with Crippen LogP contribution in [0.4, 0.5) is 0 Å². The highest BCUT2D eigenvalue weighted by atomic mass is 16.5. The molecule has 3 rings (SSSR count). The number of fused-ring (bicyclic) bond motifs is 1. The fourth-order valence-electron chi connectivity index (χ4n) is 2.51. The second-order valence-corrected chi connectivity index (χ2v) is 5.33. The number of nitrogens with zero attached hydrogens (tertiary/aromatic N) is 1. The van der Waals surface area contributed by atoms with E-state index in [0.29, 0.717) is 24.8 Å². The highest BCUT2D eigenvalue weighted by Crippen LogP contribution is 2.26. The minimum absolute atomic E-state index is 0.134. The van der Waals surface area contributed by atoms with Gasteiger partial charge >= 0.3 is 0 Å². The Hall–Kier alpha value is -2.30. The number of para-hydroxylation sites is 1. The molecule has 1 aromatic carbocycles. The zero-order valence-electron chi connectivity index (χ0n) is 12.1. The quantitative estimate of drug-likeness (QED) is 0.902. The van der Waals surface area contributed by atoms with Crippen molar-refractivity contribution in [3.63, 3.8) is 0 Å². The molecule has 2 heterocycles. The molecular formula is C16H19N3O2. The Morgan fingerprint density at radius 2 is 2.33 bits per heavy atom. The van der Waals surface area contributed by atoms with Crippen LogP contribution >= 0.6 is 0 Å². The predicted octanol–water partition coefficient (Wildman–Crippen LogP) is 1.95. The molecule has 0 spiro atoms. The average Bonchev–Trinajstić information content (AvgIpc) is 3.01. The van der Waals surface area contributed by atoms with E-state index >= 15 is 0 Å². The van der Waals surface area contributed by atoms with E-state index < -0.39 is 0 Å². The van der Waals surface area contributed by atoms with E-state index in [2.05, 4.69) is 21.6 Å². The van der Waals surface area contributed by atoms with Crippen molar-refractivity contribution in [2.45, 2.75) is 19.8 Å². The van der Waals surface area contributed by atoms with Crippen LogP contribution in [0.3, 0.4) is 0 Å². The van der Waals surface area contributed by atoms with Gasteiger partial charge in [-0.15, -0.1) is 0 Å². The van der Waals surface area contributed by atoms with Gasteiger partial charge in [0, 0.05) is 18.2 Å². The summed E-state index contributed by atoms with van der Waals surface area (Å²) in [6.07, 6.45) is 1.77. The van der Waals surface area contributed by atoms with Crippen molar-refractivity contribution in [1.29, 1.82) is 0 Å². The first-order valence-electron chi connectivity index (χ1n) is 7.29. The summed E-state index contributed by atoms with van der Waals surface area (Å²) in [4.78, 5) is 12.0. The summed E-state index contributed by atoms with van der Waals surface area (Å²) < 4.78 is 5.72. The van der Waals surface area contributed by atoms with Gasteiger partial charge < -0.3 is 10.1 Å². The van der Waals surface area contributed by atoms with Crippen LogP contribution in [0.2, 0.25) is 0 Å². The SMILES string of the molecule is CCc1cc(C(=O)NC[C@@H]2COc3ccccc3C2)n[nH]1. The number of aryl methyl sites for hydroxylation is 1. The summed E-state index contributed by atoms with van der Waals surface area (Å²) in [5.74, 6) is 1.12. The number of rotatable bonds is 4. The van der Waals surface area contributed by atoms with Crippen LogP contribution < -0.4 is 10.1 Å². The topological polar surface area (TPSA) is 67.0 Å². The Balaban J connectivity index is 1.55. The third-order valence-electron chi connectivity index (χ3n) is 3.75. The van der Waals surface area contributed by atoms with Crippen molar-refractivity contribution < 1.29 is 9.53 Å². The summed E-state index contributed by atoms with van der Waals surface area (Å²) in [7, 11) is 0. The molecule has 21 heavy (non-hydrogen) atoms.